The van der Waals surface area contributed by atoms with Gasteiger partial charge in [0.15, 0.2) is 17.9 Å². The van der Waals surface area contributed by atoms with Gasteiger partial charge in [-0.1, -0.05) is 40.0 Å². The second kappa shape index (κ2) is 16.5. The van der Waals surface area contributed by atoms with Crippen LogP contribution >= 0.6 is 0 Å². The van der Waals surface area contributed by atoms with E-state index in [1.807, 2.05) is 24.3 Å². The van der Waals surface area contributed by atoms with Crippen molar-refractivity contribution in [3.8, 4) is 22.9 Å². The second-order valence-corrected chi connectivity index (χ2v) is 7.85. The molecule has 2 aromatic rings. The quantitative estimate of drug-likeness (QED) is 0.195. The third-order valence-electron chi connectivity index (χ3n) is 4.88. The van der Waals surface area contributed by atoms with Gasteiger partial charge in [-0.3, -0.25) is 0 Å². The topological polar surface area (TPSA) is 62.7 Å². The first-order valence-electron chi connectivity index (χ1n) is 12.2. The van der Waals surface area contributed by atoms with Gasteiger partial charge in [0.05, 0.1) is 25.6 Å². The molecule has 6 heteroatoms. The maximum absolute atomic E-state index is 5.97. The van der Waals surface area contributed by atoms with Gasteiger partial charge in [-0.05, 0) is 49.9 Å². The summed E-state index contributed by atoms with van der Waals surface area (Å²) in [5.74, 6) is 2.14. The lowest BCUT2D eigenvalue weighted by atomic mass is 10.2. The molecule has 178 valence electrons. The molecule has 0 spiro atoms. The zero-order valence-electron chi connectivity index (χ0n) is 20.1. The Morgan fingerprint density at radius 3 is 2.06 bits per heavy atom. The van der Waals surface area contributed by atoms with Crippen LogP contribution in [0.4, 0.5) is 0 Å². The number of unbranched alkanes of at least 4 members (excludes halogenated alkanes) is 3. The maximum atomic E-state index is 5.97. The highest BCUT2D eigenvalue weighted by Gasteiger charge is 2.10. The van der Waals surface area contributed by atoms with Crippen LogP contribution in [0, 0.1) is 0 Å². The number of nitrogens with zero attached hydrogens (tertiary/aromatic N) is 2. The van der Waals surface area contributed by atoms with E-state index in [0.29, 0.717) is 24.8 Å². The Labute approximate surface area is 193 Å². The van der Waals surface area contributed by atoms with E-state index in [0.717, 1.165) is 63.1 Å². The molecule has 6 nitrogen and oxygen atoms in total. The van der Waals surface area contributed by atoms with Crippen molar-refractivity contribution < 1.29 is 18.9 Å². The van der Waals surface area contributed by atoms with Crippen LogP contribution in [-0.2, 0) is 9.47 Å². The molecule has 0 aliphatic heterocycles. The lowest BCUT2D eigenvalue weighted by Gasteiger charge is -2.19. The summed E-state index contributed by atoms with van der Waals surface area (Å²) < 4.78 is 23.1. The SMILES string of the molecule is CCCCCOCCCCOc1cnc(-c2ccc(OC(CCC)OCCC)cc2)nc1. The summed E-state index contributed by atoms with van der Waals surface area (Å²) >= 11 is 0. The molecule has 0 radical (unpaired) electrons. The molecule has 1 aromatic heterocycles. The Morgan fingerprint density at radius 1 is 0.719 bits per heavy atom. The average Bonchev–Trinajstić information content (AvgIpc) is 2.82. The average molecular weight is 445 g/mol. The molecule has 1 heterocycles. The lowest BCUT2D eigenvalue weighted by Crippen LogP contribution is -2.20. The van der Waals surface area contributed by atoms with E-state index in [1.54, 1.807) is 12.4 Å². The minimum absolute atomic E-state index is 0.203. The first-order valence-corrected chi connectivity index (χ1v) is 12.2. The Morgan fingerprint density at radius 2 is 1.41 bits per heavy atom. The number of hydrogen-bond donors (Lipinski definition) is 0. The Bertz CT molecular complexity index is 707. The summed E-state index contributed by atoms with van der Waals surface area (Å²) in [5, 5.41) is 0. The summed E-state index contributed by atoms with van der Waals surface area (Å²) in [6.45, 7) is 9.44. The Kier molecular flexibility index (Phi) is 13.4. The predicted octanol–water partition coefficient (Wildman–Crippen LogP) is 6.44. The van der Waals surface area contributed by atoms with Crippen molar-refractivity contribution in [2.45, 2.75) is 78.4 Å². The number of hydrogen-bond acceptors (Lipinski definition) is 6. The summed E-state index contributed by atoms with van der Waals surface area (Å²) in [6, 6.07) is 7.81. The van der Waals surface area contributed by atoms with Crippen molar-refractivity contribution in [1.29, 1.82) is 0 Å². The van der Waals surface area contributed by atoms with Crippen molar-refractivity contribution >= 4 is 0 Å². The first-order chi connectivity index (χ1) is 15.8. The van der Waals surface area contributed by atoms with Crippen LogP contribution < -0.4 is 9.47 Å². The molecule has 32 heavy (non-hydrogen) atoms. The summed E-state index contributed by atoms with van der Waals surface area (Å²) in [5.41, 5.74) is 0.936. The van der Waals surface area contributed by atoms with E-state index < -0.39 is 0 Å². The number of benzene rings is 1. The van der Waals surface area contributed by atoms with Crippen molar-refractivity contribution in [2.24, 2.45) is 0 Å². The molecule has 1 atom stereocenters. The van der Waals surface area contributed by atoms with Crippen molar-refractivity contribution in [3.63, 3.8) is 0 Å². The maximum Gasteiger partial charge on any atom is 0.199 e. The molecule has 0 saturated heterocycles. The van der Waals surface area contributed by atoms with E-state index in [-0.39, 0.29) is 6.29 Å². The summed E-state index contributed by atoms with van der Waals surface area (Å²) in [7, 11) is 0. The summed E-state index contributed by atoms with van der Waals surface area (Å²) in [4.78, 5) is 8.88. The predicted molar refractivity (Wildman–Crippen MR) is 128 cm³/mol. The van der Waals surface area contributed by atoms with Crippen LogP contribution in [0.1, 0.15) is 72.1 Å². The minimum atomic E-state index is -0.203. The van der Waals surface area contributed by atoms with Gasteiger partial charge in [-0.15, -0.1) is 0 Å². The third-order valence-corrected chi connectivity index (χ3v) is 4.88. The first kappa shape index (κ1) is 26.1. The van der Waals surface area contributed by atoms with Gasteiger partial charge in [0.1, 0.15) is 5.75 Å². The lowest BCUT2D eigenvalue weighted by molar-refractivity contribution is -0.0844. The van der Waals surface area contributed by atoms with Crippen molar-refractivity contribution in [2.75, 3.05) is 26.4 Å². The van der Waals surface area contributed by atoms with Crippen LogP contribution in [0.5, 0.6) is 11.5 Å². The molecule has 0 aliphatic carbocycles. The second-order valence-electron chi connectivity index (χ2n) is 7.85. The third kappa shape index (κ3) is 10.4. The zero-order valence-corrected chi connectivity index (χ0v) is 20.1. The molecule has 0 amide bonds. The van der Waals surface area contributed by atoms with Gasteiger partial charge in [0, 0.05) is 25.2 Å². The van der Waals surface area contributed by atoms with Crippen LogP contribution in [0.25, 0.3) is 11.4 Å². The Balaban J connectivity index is 1.73. The van der Waals surface area contributed by atoms with Crippen LogP contribution in [0.3, 0.4) is 0 Å². The summed E-state index contributed by atoms with van der Waals surface area (Å²) in [6.07, 6.45) is 11.7. The van der Waals surface area contributed by atoms with Crippen LogP contribution in [0.15, 0.2) is 36.7 Å². The standard InChI is InChI=1S/C26H40N2O4/c1-4-7-8-17-29-18-9-10-19-30-24-20-27-26(28-21-24)22-12-14-23(15-13-22)32-25(11-5-2)31-16-6-3/h12-15,20-21,25H,4-11,16-19H2,1-3H3. The molecule has 2 rings (SSSR count). The molecule has 1 unspecified atom stereocenters. The molecule has 0 N–H and O–H groups in total. The highest BCUT2D eigenvalue weighted by atomic mass is 16.7. The van der Waals surface area contributed by atoms with Gasteiger partial charge in [0.2, 0.25) is 0 Å². The van der Waals surface area contributed by atoms with E-state index in [1.165, 1.54) is 12.8 Å². The molecule has 0 aliphatic rings. The van der Waals surface area contributed by atoms with Crippen LogP contribution in [0.2, 0.25) is 0 Å². The van der Waals surface area contributed by atoms with Crippen molar-refractivity contribution in [3.05, 3.63) is 36.7 Å². The van der Waals surface area contributed by atoms with Gasteiger partial charge in [-0.2, -0.15) is 0 Å². The van der Waals surface area contributed by atoms with Gasteiger partial charge in [-0.25, -0.2) is 9.97 Å². The number of rotatable bonds is 18. The largest absolute Gasteiger partial charge is 0.490 e. The molecule has 0 bridgehead atoms. The minimum Gasteiger partial charge on any atom is -0.490 e. The van der Waals surface area contributed by atoms with Gasteiger partial charge in [0.25, 0.3) is 0 Å². The van der Waals surface area contributed by atoms with E-state index in [2.05, 4.69) is 30.7 Å². The molecular formula is C26H40N2O4. The normalized spacial score (nSPS) is 12.0. The fourth-order valence-electron chi connectivity index (χ4n) is 3.09. The highest BCUT2D eigenvalue weighted by Crippen LogP contribution is 2.22. The van der Waals surface area contributed by atoms with E-state index >= 15 is 0 Å². The molecule has 0 saturated carbocycles. The number of ether oxygens (including phenoxy) is 4. The van der Waals surface area contributed by atoms with Crippen molar-refractivity contribution in [1.82, 2.24) is 9.97 Å². The van der Waals surface area contributed by atoms with Crippen LogP contribution in [-0.4, -0.2) is 42.7 Å². The van der Waals surface area contributed by atoms with E-state index in [4.69, 9.17) is 18.9 Å². The Hall–Kier alpha value is -2.18. The fourth-order valence-corrected chi connectivity index (χ4v) is 3.09. The monoisotopic (exact) mass is 444 g/mol. The molecule has 0 fully saturated rings. The fraction of sp³-hybridized carbons (Fsp3) is 0.615. The van der Waals surface area contributed by atoms with Gasteiger partial charge < -0.3 is 18.9 Å². The van der Waals surface area contributed by atoms with Gasteiger partial charge >= 0.3 is 0 Å². The smallest absolute Gasteiger partial charge is 0.199 e. The molecule has 1 aromatic carbocycles. The zero-order chi connectivity index (χ0) is 22.9. The molecular weight excluding hydrogens is 404 g/mol. The number of aromatic nitrogens is 2. The van der Waals surface area contributed by atoms with E-state index in [9.17, 15) is 0 Å². The highest BCUT2D eigenvalue weighted by molar-refractivity contribution is 5.56.